The summed E-state index contributed by atoms with van der Waals surface area (Å²) >= 11 is 7.70. The maximum Gasteiger partial charge on any atom is 0.315 e. The van der Waals surface area contributed by atoms with Gasteiger partial charge in [-0.15, -0.1) is 16.4 Å². The number of benzene rings is 2. The lowest BCUT2D eigenvalue weighted by Gasteiger charge is -2.26. The van der Waals surface area contributed by atoms with Crippen LogP contribution in [0.5, 0.6) is 11.5 Å². The summed E-state index contributed by atoms with van der Waals surface area (Å²) in [5.74, 6) is 0.710. The molecule has 0 unspecified atom stereocenters. The standard InChI is InChI=1S/C58H82ClN9O15S/c1-74-46-14-15-47(48(59)38-46)51-41-84-58(62-51)64-56(72)43-13-17-52(83-40-54(71)67-18-22-76-23-19-67)50(37-43)60-53(70)11-5-3-8-44-39-68(66-65-44)20-24-77-26-28-79-30-32-81-34-36-82-35-33-80-31-29-78-27-25-75-21-6-10-45(69)9-4-2-7-42-12-16-49-55(42)63-57(73)61-49/h13-15,17,37-39,41-42,49,55H,2-12,16,18-36,40H2,1H3,(H,60,70)(H2,61,63,73)(H,62,64,72)/t42-,49-,55+/m1/s1. The number of aryl methyl sites for hydroxylation is 1. The van der Waals surface area contributed by atoms with Gasteiger partial charge < -0.3 is 68.2 Å². The molecule has 3 aliphatic rings. The zero-order valence-corrected chi connectivity index (χ0v) is 49.7. The third-order valence-electron chi connectivity index (χ3n) is 14.2. The zero-order chi connectivity index (χ0) is 59.0. The normalized spacial score (nSPS) is 16.5. The van der Waals surface area contributed by atoms with E-state index in [-0.39, 0.29) is 65.7 Å². The van der Waals surface area contributed by atoms with Crippen LogP contribution in [0.4, 0.5) is 15.6 Å². The van der Waals surface area contributed by atoms with Crippen LogP contribution in [-0.2, 0) is 65.2 Å². The van der Waals surface area contributed by atoms with Gasteiger partial charge in [-0.25, -0.2) is 14.5 Å². The predicted molar refractivity (Wildman–Crippen MR) is 313 cm³/mol. The van der Waals surface area contributed by atoms with Gasteiger partial charge in [-0.05, 0) is 93.7 Å². The Labute approximate surface area is 499 Å². The van der Waals surface area contributed by atoms with E-state index in [9.17, 15) is 24.0 Å². The molecule has 462 valence electrons. The number of unbranched alkanes of at least 4 members (excludes halogenated alkanes) is 2. The van der Waals surface area contributed by atoms with E-state index in [0.29, 0.717) is 191 Å². The first kappa shape index (κ1) is 65.7. The highest BCUT2D eigenvalue weighted by atomic mass is 35.5. The average molecular weight is 1210 g/mol. The second kappa shape index (κ2) is 37.5. The van der Waals surface area contributed by atoms with Crippen LogP contribution in [0.15, 0.2) is 48.0 Å². The molecule has 24 nitrogen and oxygen atoms in total. The molecule has 3 atom stereocenters. The third-order valence-corrected chi connectivity index (χ3v) is 15.3. The molecular weight excluding hydrogens is 1130 g/mol. The summed E-state index contributed by atoms with van der Waals surface area (Å²) in [5, 5.41) is 22.8. The van der Waals surface area contributed by atoms with Crippen molar-refractivity contribution in [2.45, 2.75) is 95.7 Å². The Morgan fingerprint density at radius 3 is 2.11 bits per heavy atom. The Morgan fingerprint density at radius 1 is 0.750 bits per heavy atom. The number of urea groups is 1. The van der Waals surface area contributed by atoms with Crippen molar-refractivity contribution in [3.8, 4) is 22.8 Å². The number of carbonyl (C=O) groups excluding carboxylic acids is 5. The number of hydrogen-bond donors (Lipinski definition) is 4. The fraction of sp³-hybridized carbons (Fsp3) is 0.621. The minimum Gasteiger partial charge on any atom is -0.497 e. The highest BCUT2D eigenvalue weighted by Gasteiger charge is 2.41. The minimum absolute atomic E-state index is 0.0474. The number of fused-ring (bicyclic) bond motifs is 1. The predicted octanol–water partition coefficient (Wildman–Crippen LogP) is 6.39. The van der Waals surface area contributed by atoms with E-state index >= 15 is 0 Å². The molecule has 5 amide bonds. The first-order valence-electron chi connectivity index (χ1n) is 29.2. The highest BCUT2D eigenvalue weighted by molar-refractivity contribution is 7.14. The van der Waals surface area contributed by atoms with Gasteiger partial charge in [-0.3, -0.25) is 24.5 Å². The Hall–Kier alpha value is -5.87. The maximum atomic E-state index is 13.5. The second-order valence-electron chi connectivity index (χ2n) is 20.3. The molecule has 3 fully saturated rings. The lowest BCUT2D eigenvalue weighted by atomic mass is 9.95. The second-order valence-corrected chi connectivity index (χ2v) is 21.6. The molecule has 4 N–H and O–H groups in total. The topological polar surface area (TPSA) is 273 Å². The number of anilines is 2. The van der Waals surface area contributed by atoms with E-state index in [0.717, 1.165) is 44.2 Å². The fourth-order valence-corrected chi connectivity index (χ4v) is 10.7. The molecule has 2 saturated heterocycles. The molecule has 84 heavy (non-hydrogen) atoms. The van der Waals surface area contributed by atoms with E-state index in [1.807, 2.05) is 6.20 Å². The van der Waals surface area contributed by atoms with Crippen molar-refractivity contribution in [1.82, 2.24) is 35.5 Å². The van der Waals surface area contributed by atoms with E-state index in [1.165, 1.54) is 17.4 Å². The van der Waals surface area contributed by atoms with Crippen LogP contribution in [0.25, 0.3) is 11.3 Å². The number of morpholine rings is 1. The molecule has 4 aromatic rings. The molecule has 26 heteroatoms. The average Bonchev–Trinajstić information content (AvgIpc) is 4.31. The minimum atomic E-state index is -0.456. The summed E-state index contributed by atoms with van der Waals surface area (Å²) < 4.78 is 57.4. The van der Waals surface area contributed by atoms with Gasteiger partial charge in [0, 0.05) is 61.7 Å². The van der Waals surface area contributed by atoms with Crippen LogP contribution in [0.1, 0.15) is 86.7 Å². The highest BCUT2D eigenvalue weighted by Crippen LogP contribution is 2.35. The van der Waals surface area contributed by atoms with Gasteiger partial charge in [-0.2, -0.15) is 0 Å². The summed E-state index contributed by atoms with van der Waals surface area (Å²) in [5.41, 5.74) is 2.57. The lowest BCUT2D eigenvalue weighted by Crippen LogP contribution is -2.43. The van der Waals surface area contributed by atoms with Gasteiger partial charge in [-0.1, -0.05) is 23.2 Å². The molecule has 4 heterocycles. The number of amides is 5. The molecular formula is C58H82ClN9O15S. The molecule has 1 saturated carbocycles. The first-order valence-corrected chi connectivity index (χ1v) is 30.4. The molecule has 2 aromatic carbocycles. The maximum absolute atomic E-state index is 13.5. The number of ether oxygens (including phenoxy) is 10. The Balaban J connectivity index is 0.646. The van der Waals surface area contributed by atoms with Gasteiger partial charge in [0.15, 0.2) is 11.7 Å². The van der Waals surface area contributed by atoms with Crippen molar-refractivity contribution in [3.05, 3.63) is 64.3 Å². The van der Waals surface area contributed by atoms with Crippen molar-refractivity contribution in [1.29, 1.82) is 0 Å². The third kappa shape index (κ3) is 23.5. The van der Waals surface area contributed by atoms with Crippen LogP contribution in [0.2, 0.25) is 5.02 Å². The number of methoxy groups -OCH3 is 1. The number of nitrogens with zero attached hydrogens (tertiary/aromatic N) is 5. The summed E-state index contributed by atoms with van der Waals surface area (Å²) in [6.07, 6.45) is 11.0. The van der Waals surface area contributed by atoms with Gasteiger partial charge in [0.25, 0.3) is 11.8 Å². The van der Waals surface area contributed by atoms with E-state index in [4.69, 9.17) is 59.0 Å². The number of nitrogens with one attached hydrogen (secondary N) is 4. The number of thiazole rings is 1. The van der Waals surface area contributed by atoms with E-state index in [2.05, 4.69) is 36.6 Å². The Bertz CT molecular complexity index is 2640. The van der Waals surface area contributed by atoms with Gasteiger partial charge >= 0.3 is 6.03 Å². The number of Topliss-reactive ketones (excluding diaryl/α,β-unsaturated/α-hetero) is 1. The number of ketones is 1. The number of carbonyl (C=O) groups is 5. The summed E-state index contributed by atoms with van der Waals surface area (Å²) in [4.78, 5) is 69.7. The summed E-state index contributed by atoms with van der Waals surface area (Å²) in [6.45, 7) is 8.52. The molecule has 1 aliphatic carbocycles. The van der Waals surface area contributed by atoms with E-state index in [1.54, 1.807) is 52.4 Å². The largest absolute Gasteiger partial charge is 0.497 e. The van der Waals surface area contributed by atoms with Crippen molar-refractivity contribution in [3.63, 3.8) is 0 Å². The first-order chi connectivity index (χ1) is 41.1. The lowest BCUT2D eigenvalue weighted by molar-refractivity contribution is -0.137. The summed E-state index contributed by atoms with van der Waals surface area (Å²) in [6, 6.07) is 10.4. The number of halogens is 1. The van der Waals surface area contributed by atoms with Gasteiger partial charge in [0.05, 0.1) is 147 Å². The molecule has 0 spiro atoms. The molecule has 2 aromatic heterocycles. The van der Waals surface area contributed by atoms with Crippen LogP contribution in [0.3, 0.4) is 0 Å². The number of hydrogen-bond acceptors (Lipinski definition) is 19. The summed E-state index contributed by atoms with van der Waals surface area (Å²) in [7, 11) is 1.56. The van der Waals surface area contributed by atoms with Crippen LogP contribution in [-0.4, -0.2) is 199 Å². The molecule has 0 bridgehead atoms. The molecule has 0 radical (unpaired) electrons. The SMILES string of the molecule is COc1ccc(-c2csc(NC(=O)c3ccc(OCC(=O)N4CCOCC4)c(NC(=O)CCCCc4cn(CCOCCOCCOCCOCCOCCOCCOCCCC(=O)CCCC[C@@H]5CC[C@H]6NC(=O)N[C@@H]56)nn4)c3)n2)c(Cl)c1. The van der Waals surface area contributed by atoms with Crippen molar-refractivity contribution >= 4 is 63.3 Å². The smallest absolute Gasteiger partial charge is 0.315 e. The zero-order valence-electron chi connectivity index (χ0n) is 48.1. The van der Waals surface area contributed by atoms with Crippen molar-refractivity contribution in [2.75, 3.05) is 143 Å². The van der Waals surface area contributed by atoms with E-state index < -0.39 is 5.91 Å². The van der Waals surface area contributed by atoms with Crippen molar-refractivity contribution in [2.24, 2.45) is 5.92 Å². The molecule has 7 rings (SSSR count). The van der Waals surface area contributed by atoms with Gasteiger partial charge in [0.2, 0.25) is 5.91 Å². The Morgan fingerprint density at radius 2 is 1.42 bits per heavy atom. The van der Waals surface area contributed by atoms with Crippen LogP contribution in [0, 0.1) is 5.92 Å². The van der Waals surface area contributed by atoms with Crippen LogP contribution >= 0.6 is 22.9 Å². The number of rotatable bonds is 43. The fourth-order valence-electron chi connectivity index (χ4n) is 9.71. The quantitative estimate of drug-likeness (QED) is 0.0350. The monoisotopic (exact) mass is 1210 g/mol. The van der Waals surface area contributed by atoms with Gasteiger partial charge in [0.1, 0.15) is 17.3 Å². The number of aromatic nitrogens is 4. The van der Waals surface area contributed by atoms with Crippen LogP contribution < -0.4 is 30.7 Å². The van der Waals surface area contributed by atoms with Crippen molar-refractivity contribution < 1.29 is 71.3 Å². The Kier molecular flexibility index (Phi) is 29.3. The molecule has 2 aliphatic heterocycles.